The lowest BCUT2D eigenvalue weighted by Crippen LogP contribution is -1.78. The zero-order valence-electron chi connectivity index (χ0n) is 47.3. The van der Waals surface area contributed by atoms with Crippen molar-refractivity contribution in [2.75, 3.05) is 0 Å². The lowest BCUT2D eigenvalue weighted by atomic mass is 10.00. The molecule has 0 N–H and O–H groups in total. The van der Waals surface area contributed by atoms with E-state index in [2.05, 4.69) is 340 Å². The van der Waals surface area contributed by atoms with E-state index < -0.39 is 0 Å². The molecule has 18 aromatic rings. The summed E-state index contributed by atoms with van der Waals surface area (Å²) in [5.74, 6) is 0. The SMILES string of the molecule is c1ccc2c(c1)-c1cccc3cccc-2c13.c1ccc2c(c1)-c1cccc3cccc-2c13.c1ccc2cc3cc4ccccc4cc3cc2c1.c1ccc2cc3cc4ccccc4cc3cc2c1.c1ccc2cc3cc4ccccc4cc3cc2c1. The molecule has 400 valence electrons. The van der Waals surface area contributed by atoms with Gasteiger partial charge in [0.15, 0.2) is 0 Å². The average molecular weight is 1090 g/mol. The van der Waals surface area contributed by atoms with Crippen molar-refractivity contribution in [1.29, 1.82) is 0 Å². The first-order valence-corrected chi connectivity index (χ1v) is 29.8. The molecule has 0 nitrogen and oxygen atoms in total. The number of fused-ring (bicyclic) bond motifs is 15. The van der Waals surface area contributed by atoms with Crippen LogP contribution in [-0.2, 0) is 0 Å². The van der Waals surface area contributed by atoms with Gasteiger partial charge in [0.25, 0.3) is 0 Å². The van der Waals surface area contributed by atoms with Crippen LogP contribution in [0.15, 0.2) is 340 Å². The van der Waals surface area contributed by atoms with E-state index in [0.717, 1.165) is 0 Å². The van der Waals surface area contributed by atoms with E-state index in [0.29, 0.717) is 0 Å². The molecule has 0 atom stereocenters. The van der Waals surface area contributed by atoms with Crippen LogP contribution < -0.4 is 0 Å². The van der Waals surface area contributed by atoms with Crippen molar-refractivity contribution in [2.45, 2.75) is 0 Å². The van der Waals surface area contributed by atoms with E-state index in [4.69, 9.17) is 0 Å². The zero-order chi connectivity index (χ0) is 56.9. The lowest BCUT2D eigenvalue weighted by Gasteiger charge is -2.04. The summed E-state index contributed by atoms with van der Waals surface area (Å²) in [6.07, 6.45) is 0. The van der Waals surface area contributed by atoms with Crippen LogP contribution in [0, 0.1) is 0 Å². The van der Waals surface area contributed by atoms with Crippen LogP contribution in [0.5, 0.6) is 0 Å². The van der Waals surface area contributed by atoms with Gasteiger partial charge in [-0.2, -0.15) is 0 Å². The summed E-state index contributed by atoms with van der Waals surface area (Å²) in [6.45, 7) is 0. The Morgan fingerprint density at radius 2 is 0.221 bits per heavy atom. The van der Waals surface area contributed by atoms with Crippen LogP contribution in [0.1, 0.15) is 0 Å². The predicted molar refractivity (Wildman–Crippen MR) is 374 cm³/mol. The van der Waals surface area contributed by atoms with E-state index in [1.807, 2.05) is 0 Å². The van der Waals surface area contributed by atoms with E-state index in [9.17, 15) is 0 Å². The molecule has 0 heterocycles. The Balaban J connectivity index is 0.0000000873. The van der Waals surface area contributed by atoms with Crippen molar-refractivity contribution in [3.8, 4) is 44.5 Å². The van der Waals surface area contributed by atoms with Gasteiger partial charge in [-0.15, -0.1) is 0 Å². The maximum Gasteiger partial charge on any atom is -0.00264 e. The summed E-state index contributed by atoms with van der Waals surface area (Å²) in [4.78, 5) is 0. The Hall–Kier alpha value is -11.2. The second-order valence-corrected chi connectivity index (χ2v) is 22.7. The molecule has 18 aromatic carbocycles. The highest BCUT2D eigenvalue weighted by molar-refractivity contribution is 6.17. The largest absolute Gasteiger partial charge is 0.0616 e. The van der Waals surface area contributed by atoms with Crippen molar-refractivity contribution in [3.63, 3.8) is 0 Å². The lowest BCUT2D eigenvalue weighted by molar-refractivity contribution is 1.70. The Bertz CT molecular complexity index is 4640. The van der Waals surface area contributed by atoms with E-state index in [-0.39, 0.29) is 0 Å². The molecular formula is C86H56. The monoisotopic (exact) mass is 1090 g/mol. The minimum absolute atomic E-state index is 1.31. The molecular weight excluding hydrogens is 1030 g/mol. The predicted octanol–water partition coefficient (Wildman–Crippen LogP) is 24.4. The minimum Gasteiger partial charge on any atom is -0.0616 e. The first kappa shape index (κ1) is 50.5. The van der Waals surface area contributed by atoms with E-state index >= 15 is 0 Å². The summed E-state index contributed by atoms with van der Waals surface area (Å²) in [7, 11) is 0. The molecule has 0 bridgehead atoms. The maximum atomic E-state index is 2.27. The Morgan fingerprint density at radius 1 is 0.0930 bits per heavy atom. The molecule has 0 aromatic heterocycles. The molecule has 0 spiro atoms. The summed E-state index contributed by atoms with van der Waals surface area (Å²) in [6, 6.07) is 122. The van der Waals surface area contributed by atoms with Gasteiger partial charge in [-0.3, -0.25) is 0 Å². The third-order valence-corrected chi connectivity index (χ3v) is 17.5. The van der Waals surface area contributed by atoms with Crippen LogP contribution >= 0.6 is 0 Å². The van der Waals surface area contributed by atoms with Crippen LogP contribution in [0.2, 0.25) is 0 Å². The van der Waals surface area contributed by atoms with Crippen molar-refractivity contribution in [3.05, 3.63) is 340 Å². The molecule has 2 aliphatic carbocycles. The third-order valence-electron chi connectivity index (χ3n) is 17.5. The molecule has 0 heteroatoms. The van der Waals surface area contributed by atoms with Gasteiger partial charge in [0.1, 0.15) is 0 Å². The van der Waals surface area contributed by atoms with Gasteiger partial charge in [-0.1, -0.05) is 267 Å². The van der Waals surface area contributed by atoms with Gasteiger partial charge in [-0.05, 0) is 236 Å². The van der Waals surface area contributed by atoms with Gasteiger partial charge in [0.2, 0.25) is 0 Å². The summed E-state index contributed by atoms with van der Waals surface area (Å²) >= 11 is 0. The molecule has 20 rings (SSSR count). The fraction of sp³-hybridized carbons (Fsp3) is 0. The first-order valence-electron chi connectivity index (χ1n) is 29.8. The number of rotatable bonds is 0. The highest BCUT2D eigenvalue weighted by Crippen LogP contribution is 2.48. The normalized spacial score (nSPS) is 11.5. The van der Waals surface area contributed by atoms with E-state index in [1.54, 1.807) is 0 Å². The molecule has 2 aliphatic rings. The molecule has 0 fully saturated rings. The highest BCUT2D eigenvalue weighted by Gasteiger charge is 2.21. The molecule has 86 heavy (non-hydrogen) atoms. The number of hydrogen-bond donors (Lipinski definition) is 0. The second-order valence-electron chi connectivity index (χ2n) is 22.7. The molecule has 0 amide bonds. The van der Waals surface area contributed by atoms with Crippen molar-refractivity contribution < 1.29 is 0 Å². The summed E-state index contributed by atoms with van der Waals surface area (Å²) in [5, 5.41) is 29.0. The number of hydrogen-bond acceptors (Lipinski definition) is 0. The zero-order valence-corrected chi connectivity index (χ0v) is 47.3. The van der Waals surface area contributed by atoms with Gasteiger partial charge in [0.05, 0.1) is 0 Å². The van der Waals surface area contributed by atoms with Crippen molar-refractivity contribution in [2.24, 2.45) is 0 Å². The average Bonchev–Trinajstić information content (AvgIpc) is 2.16. The van der Waals surface area contributed by atoms with E-state index in [1.165, 1.54) is 163 Å². The maximum absolute atomic E-state index is 2.27. The molecule has 0 radical (unpaired) electrons. The van der Waals surface area contributed by atoms with Crippen LogP contribution in [0.4, 0.5) is 0 Å². The number of benzene rings is 18. The van der Waals surface area contributed by atoms with Gasteiger partial charge in [-0.25, -0.2) is 0 Å². The Morgan fingerprint density at radius 3 is 0.384 bits per heavy atom. The molecule has 0 saturated carbocycles. The van der Waals surface area contributed by atoms with Gasteiger partial charge >= 0.3 is 0 Å². The molecule has 0 unspecified atom stereocenters. The first-order chi connectivity index (χ1) is 42.6. The minimum atomic E-state index is 1.31. The van der Waals surface area contributed by atoms with Crippen molar-refractivity contribution >= 4 is 118 Å². The van der Waals surface area contributed by atoms with Gasteiger partial charge in [0, 0.05) is 0 Å². The standard InChI is InChI=1S/3C18H12.2C16H10/c3*1-2-6-14-10-18-12-16-8-4-3-7-15(16)11-17(18)9-13(14)5-1;2*1-2-8-13-12(7-1)14-9-3-5-11-6-4-10-15(13)16(11)14/h3*1-12H;2*1-10H. The second kappa shape index (κ2) is 21.5. The summed E-state index contributed by atoms with van der Waals surface area (Å²) in [5.41, 5.74) is 11.0. The molecule has 0 saturated heterocycles. The fourth-order valence-corrected chi connectivity index (χ4v) is 13.4. The Kier molecular flexibility index (Phi) is 12.7. The van der Waals surface area contributed by atoms with Crippen LogP contribution in [-0.4, -0.2) is 0 Å². The topological polar surface area (TPSA) is 0 Å². The van der Waals surface area contributed by atoms with Crippen LogP contribution in [0.25, 0.3) is 163 Å². The smallest absolute Gasteiger partial charge is 0.00264 e. The highest BCUT2D eigenvalue weighted by atomic mass is 14.2. The molecule has 0 aliphatic heterocycles. The quantitative estimate of drug-likeness (QED) is 0.133. The Labute approximate surface area is 499 Å². The van der Waals surface area contributed by atoms with Crippen molar-refractivity contribution in [1.82, 2.24) is 0 Å². The summed E-state index contributed by atoms with van der Waals surface area (Å²) < 4.78 is 0. The van der Waals surface area contributed by atoms with Gasteiger partial charge < -0.3 is 0 Å². The third kappa shape index (κ3) is 9.31. The van der Waals surface area contributed by atoms with Crippen LogP contribution in [0.3, 0.4) is 0 Å². The fourth-order valence-electron chi connectivity index (χ4n) is 13.4.